The zero-order valence-electron chi connectivity index (χ0n) is 11.8. The Kier molecular flexibility index (Phi) is 6.15. The van der Waals surface area contributed by atoms with Crippen LogP contribution in [0.3, 0.4) is 0 Å². The third-order valence-electron chi connectivity index (χ3n) is 3.17. The van der Waals surface area contributed by atoms with Crippen LogP contribution in [0.4, 0.5) is 0 Å². The molecule has 1 aromatic carbocycles. The maximum atomic E-state index is 8.77. The zero-order chi connectivity index (χ0) is 14.3. The van der Waals surface area contributed by atoms with Crippen molar-refractivity contribution in [1.82, 2.24) is 5.32 Å². The van der Waals surface area contributed by atoms with Gasteiger partial charge in [0, 0.05) is 6.54 Å². The highest BCUT2D eigenvalue weighted by Gasteiger charge is 2.09. The average Bonchev–Trinajstić information content (AvgIpc) is 2.45. The number of nitrogens with two attached hydrogens (primary N) is 1. The molecule has 106 valence electrons. The molecular weight excluding hydrogens is 242 g/mol. The smallest absolute Gasteiger partial charge is 0.173 e. The molecule has 0 aliphatic heterocycles. The molecule has 0 amide bonds. The van der Waals surface area contributed by atoms with Gasteiger partial charge in [0.25, 0.3) is 0 Å². The predicted molar refractivity (Wildman–Crippen MR) is 76.7 cm³/mol. The monoisotopic (exact) mass is 265 g/mol. The first-order chi connectivity index (χ1) is 9.12. The fourth-order valence-corrected chi connectivity index (χ4v) is 1.73. The number of methoxy groups -OCH3 is 1. The number of ether oxygens (including phenoxy) is 1. The quantitative estimate of drug-likeness (QED) is 0.304. The van der Waals surface area contributed by atoms with E-state index in [-0.39, 0.29) is 5.84 Å². The third kappa shape index (κ3) is 4.44. The van der Waals surface area contributed by atoms with Gasteiger partial charge in [-0.25, -0.2) is 0 Å². The first-order valence-corrected chi connectivity index (χ1v) is 6.47. The van der Waals surface area contributed by atoms with E-state index in [1.54, 1.807) is 7.11 Å². The second kappa shape index (κ2) is 7.63. The van der Waals surface area contributed by atoms with Crippen molar-refractivity contribution in [3.05, 3.63) is 29.3 Å². The van der Waals surface area contributed by atoms with E-state index < -0.39 is 0 Å². The van der Waals surface area contributed by atoms with Gasteiger partial charge in [0.2, 0.25) is 0 Å². The van der Waals surface area contributed by atoms with Gasteiger partial charge in [-0.1, -0.05) is 31.5 Å². The van der Waals surface area contributed by atoms with Gasteiger partial charge in [-0.3, -0.25) is 0 Å². The highest BCUT2D eigenvalue weighted by atomic mass is 16.5. The summed E-state index contributed by atoms with van der Waals surface area (Å²) in [6, 6.07) is 5.67. The van der Waals surface area contributed by atoms with Crippen LogP contribution < -0.4 is 15.8 Å². The number of amidine groups is 1. The molecule has 1 rings (SSSR count). The lowest BCUT2D eigenvalue weighted by Gasteiger charge is -2.12. The molecule has 0 saturated carbocycles. The van der Waals surface area contributed by atoms with Crippen molar-refractivity contribution in [3.8, 4) is 5.75 Å². The summed E-state index contributed by atoms with van der Waals surface area (Å²) in [4.78, 5) is 0. The topological polar surface area (TPSA) is 79.9 Å². The molecule has 1 aromatic rings. The summed E-state index contributed by atoms with van der Waals surface area (Å²) in [5.74, 6) is 1.31. The molecule has 5 nitrogen and oxygen atoms in total. The van der Waals surface area contributed by atoms with Gasteiger partial charge in [0.1, 0.15) is 5.75 Å². The first-order valence-electron chi connectivity index (χ1n) is 6.47. The highest BCUT2D eigenvalue weighted by Crippen LogP contribution is 2.19. The van der Waals surface area contributed by atoms with Crippen LogP contribution >= 0.6 is 0 Å². The van der Waals surface area contributed by atoms with Crippen LogP contribution in [0.25, 0.3) is 0 Å². The van der Waals surface area contributed by atoms with Crippen LogP contribution in [0.2, 0.25) is 0 Å². The van der Waals surface area contributed by atoms with Crippen molar-refractivity contribution in [2.75, 3.05) is 13.7 Å². The Hall–Kier alpha value is -1.75. The molecule has 4 N–H and O–H groups in total. The molecule has 0 aliphatic rings. The van der Waals surface area contributed by atoms with E-state index in [0.29, 0.717) is 17.2 Å². The summed E-state index contributed by atoms with van der Waals surface area (Å²) in [5.41, 5.74) is 7.32. The minimum atomic E-state index is 0.0561. The maximum Gasteiger partial charge on any atom is 0.173 e. The molecule has 1 unspecified atom stereocenters. The minimum absolute atomic E-state index is 0.0561. The molecule has 0 fully saturated rings. The van der Waals surface area contributed by atoms with Gasteiger partial charge >= 0.3 is 0 Å². The van der Waals surface area contributed by atoms with Crippen molar-refractivity contribution >= 4 is 5.84 Å². The van der Waals surface area contributed by atoms with Crippen LogP contribution in [-0.4, -0.2) is 24.7 Å². The Balaban J connectivity index is 2.75. The molecule has 1 atom stereocenters. The summed E-state index contributed by atoms with van der Waals surface area (Å²) >= 11 is 0. The minimum Gasteiger partial charge on any atom is -0.496 e. The van der Waals surface area contributed by atoms with Crippen LogP contribution in [0.5, 0.6) is 5.75 Å². The molecule has 5 heteroatoms. The number of rotatable bonds is 7. The number of hydrogen-bond acceptors (Lipinski definition) is 4. The second-order valence-corrected chi connectivity index (χ2v) is 4.66. The van der Waals surface area contributed by atoms with E-state index in [0.717, 1.165) is 25.1 Å². The normalized spacial score (nSPS) is 13.3. The van der Waals surface area contributed by atoms with Gasteiger partial charge in [0.05, 0.1) is 12.7 Å². The predicted octanol–water partition coefficient (Wildman–Crippen LogP) is 1.93. The zero-order valence-corrected chi connectivity index (χ0v) is 11.8. The summed E-state index contributed by atoms with van der Waals surface area (Å²) in [7, 11) is 1.56. The van der Waals surface area contributed by atoms with E-state index in [9.17, 15) is 0 Å². The fraction of sp³-hybridized carbons (Fsp3) is 0.500. The Bertz CT molecular complexity index is 433. The highest BCUT2D eigenvalue weighted by molar-refractivity contribution is 5.99. The molecule has 0 bridgehead atoms. The summed E-state index contributed by atoms with van der Waals surface area (Å²) < 4.78 is 5.19. The Morgan fingerprint density at radius 3 is 2.84 bits per heavy atom. The van der Waals surface area contributed by atoms with E-state index >= 15 is 0 Å². The maximum absolute atomic E-state index is 8.77. The molecule has 0 aliphatic carbocycles. The summed E-state index contributed by atoms with van der Waals surface area (Å²) in [5, 5.41) is 15.2. The first kappa shape index (κ1) is 15.3. The average molecular weight is 265 g/mol. The second-order valence-electron chi connectivity index (χ2n) is 4.66. The van der Waals surface area contributed by atoms with Crippen molar-refractivity contribution in [1.29, 1.82) is 0 Å². The lowest BCUT2D eigenvalue weighted by Crippen LogP contribution is -2.21. The van der Waals surface area contributed by atoms with E-state index in [4.69, 9.17) is 15.7 Å². The van der Waals surface area contributed by atoms with Crippen LogP contribution in [0.1, 0.15) is 31.4 Å². The van der Waals surface area contributed by atoms with Crippen LogP contribution in [0, 0.1) is 5.92 Å². The molecule has 0 heterocycles. The van der Waals surface area contributed by atoms with Gasteiger partial charge < -0.3 is 21.0 Å². The third-order valence-corrected chi connectivity index (χ3v) is 3.17. The summed E-state index contributed by atoms with van der Waals surface area (Å²) in [6.07, 6.45) is 1.16. The van der Waals surface area contributed by atoms with Crippen molar-refractivity contribution in [2.45, 2.75) is 26.8 Å². The van der Waals surface area contributed by atoms with Gasteiger partial charge in [0.15, 0.2) is 5.84 Å². The van der Waals surface area contributed by atoms with Gasteiger partial charge in [-0.2, -0.15) is 0 Å². The summed E-state index contributed by atoms with van der Waals surface area (Å²) in [6.45, 7) is 6.11. The van der Waals surface area contributed by atoms with E-state index in [2.05, 4.69) is 24.3 Å². The molecule has 0 spiro atoms. The lowest BCUT2D eigenvalue weighted by atomic mass is 10.1. The Morgan fingerprint density at radius 2 is 2.26 bits per heavy atom. The molecule has 19 heavy (non-hydrogen) atoms. The molecular formula is C14H23N3O2. The Labute approximate surface area is 114 Å². The lowest BCUT2D eigenvalue weighted by molar-refractivity contribution is 0.318. The van der Waals surface area contributed by atoms with Crippen molar-refractivity contribution in [2.24, 2.45) is 16.8 Å². The molecule has 0 radical (unpaired) electrons. The SMILES string of the molecule is CCC(C)CNCc1ccc(OC)c(C(N)=NO)c1. The van der Waals surface area contributed by atoms with Crippen LogP contribution in [0.15, 0.2) is 23.4 Å². The van der Waals surface area contributed by atoms with Gasteiger partial charge in [-0.15, -0.1) is 0 Å². The van der Waals surface area contributed by atoms with Crippen LogP contribution in [-0.2, 0) is 6.54 Å². The number of nitrogens with one attached hydrogen (secondary N) is 1. The van der Waals surface area contributed by atoms with Crippen molar-refractivity contribution < 1.29 is 9.94 Å². The fourth-order valence-electron chi connectivity index (χ4n) is 1.73. The van der Waals surface area contributed by atoms with Crippen molar-refractivity contribution in [3.63, 3.8) is 0 Å². The largest absolute Gasteiger partial charge is 0.496 e. The van der Waals surface area contributed by atoms with Gasteiger partial charge in [-0.05, 0) is 30.2 Å². The number of nitrogens with zero attached hydrogens (tertiary/aromatic N) is 1. The molecule has 0 aromatic heterocycles. The number of hydrogen-bond donors (Lipinski definition) is 3. The van der Waals surface area contributed by atoms with E-state index in [1.165, 1.54) is 0 Å². The standard InChI is InChI=1S/C14H23N3O2/c1-4-10(2)8-16-9-11-5-6-13(19-3)12(7-11)14(15)17-18/h5-7,10,16,18H,4,8-9H2,1-3H3,(H2,15,17). The Morgan fingerprint density at radius 1 is 1.53 bits per heavy atom. The van der Waals surface area contributed by atoms with E-state index in [1.807, 2.05) is 18.2 Å². The number of oxime groups is 1. The molecule has 0 saturated heterocycles. The number of benzene rings is 1.